The van der Waals surface area contributed by atoms with Gasteiger partial charge < -0.3 is 10.2 Å². The Morgan fingerprint density at radius 1 is 1.30 bits per heavy atom. The molecule has 0 unspecified atom stereocenters. The molecule has 1 aliphatic heterocycles. The number of sulfone groups is 1. The summed E-state index contributed by atoms with van der Waals surface area (Å²) in [7, 11) is -2.86. The van der Waals surface area contributed by atoms with Gasteiger partial charge in [-0.3, -0.25) is 4.68 Å². The molecule has 0 amide bonds. The van der Waals surface area contributed by atoms with E-state index in [1.807, 2.05) is 10.9 Å². The van der Waals surface area contributed by atoms with Crippen molar-refractivity contribution >= 4 is 9.84 Å². The topological polar surface area (TPSA) is 67.2 Å². The molecule has 2 heterocycles. The summed E-state index contributed by atoms with van der Waals surface area (Å²) < 4.78 is 24.5. The van der Waals surface area contributed by atoms with E-state index >= 15 is 0 Å². The highest BCUT2D eigenvalue weighted by Crippen LogP contribution is 2.18. The number of nitrogens with one attached hydrogen (secondary N) is 1. The van der Waals surface area contributed by atoms with Crippen LogP contribution in [0.25, 0.3) is 0 Å². The average Bonchev–Trinajstić information content (AvgIpc) is 2.96. The summed E-state index contributed by atoms with van der Waals surface area (Å²) in [6.07, 6.45) is 7.49. The standard InChI is InChI=1S/C16H30N4O2S/c1-13(2)20-12-15(11-17-20)14(3)18-16-5-7-19(8-6-16)9-10-23(4,21)22/h11-14,16,18H,5-10H2,1-4H3/t14-/m0/s1. The van der Waals surface area contributed by atoms with Crippen LogP contribution < -0.4 is 5.32 Å². The zero-order chi connectivity index (χ0) is 17.0. The maximum absolute atomic E-state index is 11.2. The zero-order valence-corrected chi connectivity index (χ0v) is 15.5. The first-order chi connectivity index (χ1) is 10.7. The molecule has 1 N–H and O–H groups in total. The molecule has 23 heavy (non-hydrogen) atoms. The number of nitrogens with zero attached hydrogens (tertiary/aromatic N) is 3. The molecule has 7 heteroatoms. The Bertz CT molecular complexity index is 589. The van der Waals surface area contributed by atoms with Crippen molar-refractivity contribution in [2.24, 2.45) is 0 Å². The summed E-state index contributed by atoms with van der Waals surface area (Å²) in [5.41, 5.74) is 1.22. The van der Waals surface area contributed by atoms with Gasteiger partial charge in [0.15, 0.2) is 0 Å². The van der Waals surface area contributed by atoms with Gasteiger partial charge in [0.1, 0.15) is 9.84 Å². The van der Waals surface area contributed by atoms with Gasteiger partial charge in [-0.1, -0.05) is 0 Å². The molecule has 132 valence electrons. The Kier molecular flexibility index (Phi) is 6.22. The molecule has 1 aromatic rings. The van der Waals surface area contributed by atoms with Crippen LogP contribution in [0.4, 0.5) is 0 Å². The molecule has 1 aromatic heterocycles. The Hall–Kier alpha value is -0.920. The Labute approximate surface area is 140 Å². The molecule has 0 saturated carbocycles. The third-order valence-electron chi connectivity index (χ3n) is 4.50. The van der Waals surface area contributed by atoms with Crippen molar-refractivity contribution in [3.63, 3.8) is 0 Å². The summed E-state index contributed by atoms with van der Waals surface area (Å²) in [6, 6.07) is 1.16. The molecule has 1 atom stereocenters. The smallest absolute Gasteiger partial charge is 0.148 e. The molecule has 1 saturated heterocycles. The molecular weight excluding hydrogens is 312 g/mol. The Morgan fingerprint density at radius 3 is 2.48 bits per heavy atom. The Morgan fingerprint density at radius 2 is 1.96 bits per heavy atom. The number of likely N-dealkylation sites (tertiary alicyclic amines) is 1. The van der Waals surface area contributed by atoms with E-state index in [0.29, 0.717) is 18.6 Å². The number of hydrogen-bond acceptors (Lipinski definition) is 5. The van der Waals surface area contributed by atoms with E-state index in [-0.39, 0.29) is 11.8 Å². The third kappa shape index (κ3) is 5.90. The predicted octanol–water partition coefficient (Wildman–Crippen LogP) is 1.62. The number of rotatable bonds is 7. The quantitative estimate of drug-likeness (QED) is 0.816. The monoisotopic (exact) mass is 342 g/mol. The van der Waals surface area contributed by atoms with Crippen LogP contribution in [0.5, 0.6) is 0 Å². The van der Waals surface area contributed by atoms with Gasteiger partial charge in [-0.05, 0) is 46.7 Å². The van der Waals surface area contributed by atoms with Crippen molar-refractivity contribution in [3.8, 4) is 0 Å². The summed E-state index contributed by atoms with van der Waals surface area (Å²) >= 11 is 0. The molecule has 1 fully saturated rings. The Balaban J connectivity index is 1.77. The molecule has 0 aromatic carbocycles. The fourth-order valence-corrected chi connectivity index (χ4v) is 3.52. The lowest BCUT2D eigenvalue weighted by Gasteiger charge is -2.33. The SMILES string of the molecule is CC(C)n1cc([C@H](C)NC2CCN(CCS(C)(=O)=O)CC2)cn1. The molecular formula is C16H30N4O2S. The van der Waals surface area contributed by atoms with Gasteiger partial charge in [0.25, 0.3) is 0 Å². The van der Waals surface area contributed by atoms with Crippen LogP contribution in [0.1, 0.15) is 51.3 Å². The number of hydrogen-bond donors (Lipinski definition) is 1. The summed E-state index contributed by atoms with van der Waals surface area (Å²) in [5.74, 6) is 0.260. The van der Waals surface area contributed by atoms with Crippen molar-refractivity contribution < 1.29 is 8.42 Å². The molecule has 0 bridgehead atoms. The first-order valence-corrected chi connectivity index (χ1v) is 10.5. The van der Waals surface area contributed by atoms with Crippen molar-refractivity contribution in [1.29, 1.82) is 0 Å². The van der Waals surface area contributed by atoms with E-state index in [4.69, 9.17) is 0 Å². The van der Waals surface area contributed by atoms with Gasteiger partial charge in [-0.2, -0.15) is 5.10 Å². The van der Waals surface area contributed by atoms with Crippen molar-refractivity contribution in [2.45, 2.75) is 51.7 Å². The van der Waals surface area contributed by atoms with Crippen molar-refractivity contribution in [1.82, 2.24) is 20.0 Å². The minimum absolute atomic E-state index is 0.260. The van der Waals surface area contributed by atoms with Crippen LogP contribution in [0.3, 0.4) is 0 Å². The summed E-state index contributed by atoms with van der Waals surface area (Å²) in [6.45, 7) is 9.01. The number of aromatic nitrogens is 2. The molecule has 1 aliphatic rings. The normalized spacial score (nSPS) is 19.3. The maximum Gasteiger partial charge on any atom is 0.148 e. The molecule has 0 radical (unpaired) electrons. The highest BCUT2D eigenvalue weighted by atomic mass is 32.2. The van der Waals surface area contributed by atoms with Gasteiger partial charge in [-0.25, -0.2) is 8.42 Å². The lowest BCUT2D eigenvalue weighted by Crippen LogP contribution is -2.44. The molecule has 0 aliphatic carbocycles. The minimum Gasteiger partial charge on any atom is -0.307 e. The van der Waals surface area contributed by atoms with Gasteiger partial charge in [0, 0.05) is 42.7 Å². The lowest BCUT2D eigenvalue weighted by molar-refractivity contribution is 0.201. The van der Waals surface area contributed by atoms with Crippen molar-refractivity contribution in [3.05, 3.63) is 18.0 Å². The fourth-order valence-electron chi connectivity index (χ4n) is 2.93. The van der Waals surface area contributed by atoms with Gasteiger partial charge >= 0.3 is 0 Å². The van der Waals surface area contributed by atoms with Gasteiger partial charge in [0.2, 0.25) is 0 Å². The van der Waals surface area contributed by atoms with E-state index in [9.17, 15) is 8.42 Å². The lowest BCUT2D eigenvalue weighted by atomic mass is 10.0. The highest BCUT2D eigenvalue weighted by Gasteiger charge is 2.22. The second-order valence-electron chi connectivity index (χ2n) is 6.98. The fraction of sp³-hybridized carbons (Fsp3) is 0.812. The van der Waals surface area contributed by atoms with E-state index in [1.54, 1.807) is 0 Å². The summed E-state index contributed by atoms with van der Waals surface area (Å²) in [4.78, 5) is 2.25. The first-order valence-electron chi connectivity index (χ1n) is 8.45. The van der Waals surface area contributed by atoms with Gasteiger partial charge in [-0.15, -0.1) is 0 Å². The summed E-state index contributed by atoms with van der Waals surface area (Å²) in [5, 5.41) is 8.08. The van der Waals surface area contributed by atoms with Crippen LogP contribution in [0.15, 0.2) is 12.4 Å². The third-order valence-corrected chi connectivity index (χ3v) is 5.43. The first kappa shape index (κ1) is 18.4. The highest BCUT2D eigenvalue weighted by molar-refractivity contribution is 7.90. The average molecular weight is 343 g/mol. The van der Waals surface area contributed by atoms with E-state index < -0.39 is 9.84 Å². The predicted molar refractivity (Wildman–Crippen MR) is 93.3 cm³/mol. The molecule has 0 spiro atoms. The van der Waals surface area contributed by atoms with Gasteiger partial charge in [0.05, 0.1) is 11.9 Å². The van der Waals surface area contributed by atoms with E-state index in [2.05, 4.69) is 42.3 Å². The minimum atomic E-state index is -2.86. The van der Waals surface area contributed by atoms with Crippen LogP contribution in [-0.2, 0) is 9.84 Å². The van der Waals surface area contributed by atoms with E-state index in [0.717, 1.165) is 25.9 Å². The molecule has 2 rings (SSSR count). The maximum atomic E-state index is 11.2. The molecule has 6 nitrogen and oxygen atoms in total. The van der Waals surface area contributed by atoms with Crippen LogP contribution in [-0.4, -0.2) is 60.8 Å². The van der Waals surface area contributed by atoms with Crippen LogP contribution in [0.2, 0.25) is 0 Å². The number of piperidine rings is 1. The van der Waals surface area contributed by atoms with Crippen LogP contribution in [0, 0.1) is 0 Å². The zero-order valence-electron chi connectivity index (χ0n) is 14.7. The van der Waals surface area contributed by atoms with Crippen molar-refractivity contribution in [2.75, 3.05) is 31.6 Å². The second-order valence-corrected chi connectivity index (χ2v) is 9.24. The second kappa shape index (κ2) is 7.77. The van der Waals surface area contributed by atoms with Crippen LogP contribution >= 0.6 is 0 Å². The van der Waals surface area contributed by atoms with E-state index in [1.165, 1.54) is 11.8 Å². The largest absolute Gasteiger partial charge is 0.307 e.